The van der Waals surface area contributed by atoms with E-state index in [1.165, 1.54) is 5.56 Å². The van der Waals surface area contributed by atoms with Crippen molar-refractivity contribution in [3.05, 3.63) is 40.5 Å². The molecule has 0 aliphatic heterocycles. The predicted molar refractivity (Wildman–Crippen MR) is 75.1 cm³/mol. The molecular formula is C14H17BrN2. The summed E-state index contributed by atoms with van der Waals surface area (Å²) in [6.07, 6.45) is 0. The summed E-state index contributed by atoms with van der Waals surface area (Å²) in [6, 6.07) is 10.5. The molecule has 0 spiro atoms. The molecule has 0 N–H and O–H groups in total. The molecule has 0 unspecified atom stereocenters. The number of halogens is 1. The summed E-state index contributed by atoms with van der Waals surface area (Å²) in [5.41, 5.74) is 3.40. The van der Waals surface area contributed by atoms with Crippen molar-refractivity contribution in [1.82, 2.24) is 9.78 Å². The van der Waals surface area contributed by atoms with Gasteiger partial charge in [-0.25, -0.2) is 0 Å². The summed E-state index contributed by atoms with van der Waals surface area (Å²) in [6.45, 7) is 8.53. The smallest absolute Gasteiger partial charge is 0.0691 e. The van der Waals surface area contributed by atoms with Gasteiger partial charge in [-0.1, -0.05) is 28.1 Å². The summed E-state index contributed by atoms with van der Waals surface area (Å²) in [7, 11) is 0. The van der Waals surface area contributed by atoms with Gasteiger partial charge < -0.3 is 0 Å². The van der Waals surface area contributed by atoms with Crippen LogP contribution in [-0.2, 0) is 5.54 Å². The van der Waals surface area contributed by atoms with E-state index in [0.717, 1.165) is 15.9 Å². The molecule has 0 saturated heterocycles. The maximum absolute atomic E-state index is 4.59. The molecule has 2 nitrogen and oxygen atoms in total. The summed E-state index contributed by atoms with van der Waals surface area (Å²) in [5, 5.41) is 4.59. The van der Waals surface area contributed by atoms with E-state index in [1.807, 2.05) is 13.0 Å². The number of nitrogens with zero attached hydrogens (tertiary/aromatic N) is 2. The number of hydrogen-bond donors (Lipinski definition) is 0. The normalized spacial score (nSPS) is 11.8. The zero-order valence-electron chi connectivity index (χ0n) is 10.7. The highest BCUT2D eigenvalue weighted by Crippen LogP contribution is 2.28. The van der Waals surface area contributed by atoms with Gasteiger partial charge >= 0.3 is 0 Å². The van der Waals surface area contributed by atoms with Crippen LogP contribution in [0.15, 0.2) is 34.8 Å². The molecule has 2 aromatic rings. The second kappa shape index (κ2) is 4.30. The van der Waals surface area contributed by atoms with Crippen molar-refractivity contribution >= 4 is 15.9 Å². The van der Waals surface area contributed by atoms with Crippen LogP contribution in [0.1, 0.15) is 26.5 Å². The first-order valence-electron chi connectivity index (χ1n) is 5.71. The summed E-state index contributed by atoms with van der Waals surface area (Å²) < 4.78 is 3.18. The molecule has 0 aliphatic rings. The van der Waals surface area contributed by atoms with Crippen molar-refractivity contribution in [3.8, 4) is 11.3 Å². The van der Waals surface area contributed by atoms with Crippen LogP contribution in [0.2, 0.25) is 0 Å². The first-order valence-corrected chi connectivity index (χ1v) is 6.50. The molecule has 3 heteroatoms. The molecule has 2 rings (SSSR count). The third kappa shape index (κ3) is 2.60. The van der Waals surface area contributed by atoms with Crippen LogP contribution in [0, 0.1) is 6.92 Å². The molecule has 0 radical (unpaired) electrons. The van der Waals surface area contributed by atoms with Gasteiger partial charge in [0.25, 0.3) is 0 Å². The minimum absolute atomic E-state index is 0.00802. The van der Waals surface area contributed by atoms with Crippen molar-refractivity contribution in [1.29, 1.82) is 0 Å². The first-order chi connectivity index (χ1) is 7.88. The van der Waals surface area contributed by atoms with Crippen molar-refractivity contribution in [2.24, 2.45) is 0 Å². The standard InChI is InChI=1S/C14H17BrN2/c1-10-8-13(17(16-10)14(2,3)4)11-6-5-7-12(15)9-11/h5-9H,1-4H3. The fourth-order valence-electron chi connectivity index (χ4n) is 1.86. The fourth-order valence-corrected chi connectivity index (χ4v) is 2.26. The number of aromatic nitrogens is 2. The lowest BCUT2D eigenvalue weighted by atomic mass is 10.1. The zero-order chi connectivity index (χ0) is 12.6. The van der Waals surface area contributed by atoms with Gasteiger partial charge in [-0.15, -0.1) is 0 Å². The van der Waals surface area contributed by atoms with E-state index in [9.17, 15) is 0 Å². The van der Waals surface area contributed by atoms with Gasteiger partial charge in [-0.3, -0.25) is 4.68 Å². The second-order valence-electron chi connectivity index (χ2n) is 5.26. The maximum atomic E-state index is 4.59. The van der Waals surface area contributed by atoms with Gasteiger partial charge in [-0.05, 0) is 45.9 Å². The van der Waals surface area contributed by atoms with Gasteiger partial charge in [0.15, 0.2) is 0 Å². The molecule has 0 saturated carbocycles. The van der Waals surface area contributed by atoms with Crippen molar-refractivity contribution in [2.75, 3.05) is 0 Å². The molecule has 1 aromatic carbocycles. The minimum atomic E-state index is -0.00802. The Balaban J connectivity index is 2.60. The maximum Gasteiger partial charge on any atom is 0.0691 e. The highest BCUT2D eigenvalue weighted by Gasteiger charge is 2.19. The Morgan fingerprint density at radius 3 is 2.47 bits per heavy atom. The Hall–Kier alpha value is -1.09. The van der Waals surface area contributed by atoms with E-state index in [2.05, 4.69) is 70.7 Å². The molecule has 0 bridgehead atoms. The Kier molecular flexibility index (Phi) is 3.13. The van der Waals surface area contributed by atoms with E-state index >= 15 is 0 Å². The second-order valence-corrected chi connectivity index (χ2v) is 6.18. The lowest BCUT2D eigenvalue weighted by molar-refractivity contribution is 0.358. The number of hydrogen-bond acceptors (Lipinski definition) is 1. The van der Waals surface area contributed by atoms with Crippen LogP contribution in [0.25, 0.3) is 11.3 Å². The van der Waals surface area contributed by atoms with E-state index in [1.54, 1.807) is 0 Å². The van der Waals surface area contributed by atoms with Crippen LogP contribution in [-0.4, -0.2) is 9.78 Å². The topological polar surface area (TPSA) is 17.8 Å². The first kappa shape index (κ1) is 12.4. The average molecular weight is 293 g/mol. The van der Waals surface area contributed by atoms with Gasteiger partial charge in [0, 0.05) is 10.0 Å². The highest BCUT2D eigenvalue weighted by molar-refractivity contribution is 9.10. The largest absolute Gasteiger partial charge is 0.259 e. The zero-order valence-corrected chi connectivity index (χ0v) is 12.2. The van der Waals surface area contributed by atoms with E-state index in [4.69, 9.17) is 0 Å². The average Bonchev–Trinajstić information content (AvgIpc) is 2.60. The number of aryl methyl sites for hydroxylation is 1. The molecule has 90 valence electrons. The lowest BCUT2D eigenvalue weighted by Crippen LogP contribution is -2.24. The SMILES string of the molecule is Cc1cc(-c2cccc(Br)c2)n(C(C)(C)C)n1. The molecule has 1 aromatic heterocycles. The van der Waals surface area contributed by atoms with Gasteiger partial charge in [0.2, 0.25) is 0 Å². The summed E-state index contributed by atoms with van der Waals surface area (Å²) in [5.74, 6) is 0. The summed E-state index contributed by atoms with van der Waals surface area (Å²) >= 11 is 3.51. The van der Waals surface area contributed by atoms with Crippen molar-refractivity contribution in [3.63, 3.8) is 0 Å². The highest BCUT2D eigenvalue weighted by atomic mass is 79.9. The van der Waals surface area contributed by atoms with Gasteiger partial charge in [0.05, 0.1) is 16.9 Å². The number of benzene rings is 1. The van der Waals surface area contributed by atoms with Crippen LogP contribution in [0.5, 0.6) is 0 Å². The van der Waals surface area contributed by atoms with Gasteiger partial charge in [0.1, 0.15) is 0 Å². The summed E-state index contributed by atoms with van der Waals surface area (Å²) in [4.78, 5) is 0. The van der Waals surface area contributed by atoms with Crippen molar-refractivity contribution < 1.29 is 0 Å². The Bertz CT molecular complexity index is 535. The van der Waals surface area contributed by atoms with Crippen LogP contribution in [0.3, 0.4) is 0 Å². The minimum Gasteiger partial charge on any atom is -0.259 e. The van der Waals surface area contributed by atoms with E-state index in [-0.39, 0.29) is 5.54 Å². The third-order valence-electron chi connectivity index (χ3n) is 2.59. The van der Waals surface area contributed by atoms with E-state index < -0.39 is 0 Å². The molecule has 0 atom stereocenters. The molecule has 0 aliphatic carbocycles. The van der Waals surface area contributed by atoms with Gasteiger partial charge in [-0.2, -0.15) is 5.10 Å². The lowest BCUT2D eigenvalue weighted by Gasteiger charge is -2.22. The molecule has 17 heavy (non-hydrogen) atoms. The molecule has 0 amide bonds. The van der Waals surface area contributed by atoms with Crippen LogP contribution in [0.4, 0.5) is 0 Å². The Morgan fingerprint density at radius 2 is 1.88 bits per heavy atom. The van der Waals surface area contributed by atoms with Crippen LogP contribution < -0.4 is 0 Å². The molecule has 0 fully saturated rings. The monoisotopic (exact) mass is 292 g/mol. The Morgan fingerprint density at radius 1 is 1.18 bits per heavy atom. The van der Waals surface area contributed by atoms with E-state index in [0.29, 0.717) is 0 Å². The predicted octanol–water partition coefficient (Wildman–Crippen LogP) is 4.38. The fraction of sp³-hybridized carbons (Fsp3) is 0.357. The molecular weight excluding hydrogens is 276 g/mol. The molecule has 1 heterocycles. The quantitative estimate of drug-likeness (QED) is 0.763. The van der Waals surface area contributed by atoms with Crippen molar-refractivity contribution in [2.45, 2.75) is 33.2 Å². The third-order valence-corrected chi connectivity index (χ3v) is 3.08. The number of rotatable bonds is 1. The van der Waals surface area contributed by atoms with Crippen LogP contribution >= 0.6 is 15.9 Å². The Labute approximate surface area is 111 Å².